The normalized spacial score (nSPS) is 21.9. The second-order valence-electron chi connectivity index (χ2n) is 4.06. The molecule has 1 rings (SSSR count). The minimum atomic E-state index is 0. The topological polar surface area (TPSA) is 6.25 Å². The van der Waals surface area contributed by atoms with Gasteiger partial charge in [-0.3, -0.25) is 4.90 Å². The van der Waals surface area contributed by atoms with Gasteiger partial charge in [-0.05, 0) is 41.5 Å². The van der Waals surface area contributed by atoms with E-state index in [1.165, 1.54) is 6.54 Å². The highest BCUT2D eigenvalue weighted by Crippen LogP contribution is 2.26. The summed E-state index contributed by atoms with van der Waals surface area (Å²) in [6.07, 6.45) is 0. The van der Waals surface area contributed by atoms with Crippen molar-refractivity contribution in [3.63, 3.8) is 0 Å². The molecule has 0 aromatic rings. The summed E-state index contributed by atoms with van der Waals surface area (Å²) in [6, 6.07) is 0. The van der Waals surface area contributed by atoms with Crippen LogP contribution in [0.5, 0.6) is 0 Å². The SMILES string of the molecule is C.C.CCN(C)C.CN1CC1(C)C. The van der Waals surface area contributed by atoms with E-state index < -0.39 is 0 Å². The summed E-state index contributed by atoms with van der Waals surface area (Å²) in [5, 5.41) is 0. The Morgan fingerprint density at radius 2 is 1.38 bits per heavy atom. The van der Waals surface area contributed by atoms with Crippen molar-refractivity contribution >= 4 is 0 Å². The van der Waals surface area contributed by atoms with Gasteiger partial charge in [0.05, 0.1) is 0 Å². The predicted molar refractivity (Wildman–Crippen MR) is 64.4 cm³/mol. The van der Waals surface area contributed by atoms with Gasteiger partial charge in [0.15, 0.2) is 0 Å². The summed E-state index contributed by atoms with van der Waals surface area (Å²) in [7, 11) is 6.25. The minimum absolute atomic E-state index is 0. The van der Waals surface area contributed by atoms with Gasteiger partial charge >= 0.3 is 0 Å². The summed E-state index contributed by atoms with van der Waals surface area (Å²) in [5.41, 5.74) is 0.542. The molecule has 1 aliphatic heterocycles. The van der Waals surface area contributed by atoms with Crippen LogP contribution in [0.3, 0.4) is 0 Å². The molecule has 13 heavy (non-hydrogen) atoms. The number of likely N-dealkylation sites (N-methyl/N-ethyl adjacent to an activating group) is 1. The Morgan fingerprint density at radius 1 is 1.23 bits per heavy atom. The standard InChI is InChI=1S/C5H11N.C4H11N.2CH4/c1-5(2)4-6(5)3;1-4-5(2)3;;/h4H2,1-3H3;4H2,1-3H3;2*1H4. The highest BCUT2D eigenvalue weighted by Gasteiger charge is 2.38. The first-order chi connectivity index (χ1) is 4.90. The lowest BCUT2D eigenvalue weighted by atomic mass is 10.2. The highest BCUT2D eigenvalue weighted by atomic mass is 15.3. The summed E-state index contributed by atoms with van der Waals surface area (Å²) in [6.45, 7) is 9.02. The number of hydrogen-bond acceptors (Lipinski definition) is 2. The Kier molecular flexibility index (Phi) is 10.5. The molecule has 0 radical (unpaired) electrons. The van der Waals surface area contributed by atoms with Crippen LogP contribution in [0.1, 0.15) is 35.6 Å². The van der Waals surface area contributed by atoms with E-state index in [0.29, 0.717) is 5.54 Å². The fraction of sp³-hybridized carbons (Fsp3) is 1.00. The molecule has 0 amide bonds. The van der Waals surface area contributed by atoms with Gasteiger partial charge in [0.25, 0.3) is 0 Å². The van der Waals surface area contributed by atoms with Gasteiger partial charge in [-0.15, -0.1) is 0 Å². The van der Waals surface area contributed by atoms with E-state index in [0.717, 1.165) is 6.54 Å². The van der Waals surface area contributed by atoms with Crippen molar-refractivity contribution in [3.8, 4) is 0 Å². The zero-order chi connectivity index (χ0) is 9.07. The van der Waals surface area contributed by atoms with E-state index in [4.69, 9.17) is 0 Å². The fourth-order valence-electron chi connectivity index (χ4n) is 0.545. The summed E-state index contributed by atoms with van der Waals surface area (Å²) in [4.78, 5) is 4.44. The van der Waals surface area contributed by atoms with E-state index in [-0.39, 0.29) is 14.9 Å². The molecule has 1 unspecified atom stereocenters. The van der Waals surface area contributed by atoms with Crippen LogP contribution in [0, 0.1) is 0 Å². The first-order valence-corrected chi connectivity index (χ1v) is 4.26. The predicted octanol–water partition coefficient (Wildman–Crippen LogP) is 2.55. The van der Waals surface area contributed by atoms with Crippen molar-refractivity contribution in [2.75, 3.05) is 34.2 Å². The molecule has 2 nitrogen and oxygen atoms in total. The summed E-state index contributed by atoms with van der Waals surface area (Å²) in [5.74, 6) is 0. The Morgan fingerprint density at radius 3 is 1.38 bits per heavy atom. The van der Waals surface area contributed by atoms with Crippen molar-refractivity contribution < 1.29 is 0 Å². The van der Waals surface area contributed by atoms with Crippen LogP contribution in [-0.2, 0) is 0 Å². The van der Waals surface area contributed by atoms with Gasteiger partial charge in [-0.25, -0.2) is 0 Å². The molecule has 0 N–H and O–H groups in total. The third kappa shape index (κ3) is 9.84. The quantitative estimate of drug-likeness (QED) is 0.586. The molecule has 84 valence electrons. The number of nitrogens with zero attached hydrogens (tertiary/aromatic N) is 2. The zero-order valence-corrected chi connectivity index (χ0v) is 8.81. The first kappa shape index (κ1) is 18.7. The van der Waals surface area contributed by atoms with Crippen molar-refractivity contribution in [1.82, 2.24) is 9.80 Å². The maximum Gasteiger partial charge on any atom is 0.0278 e. The van der Waals surface area contributed by atoms with E-state index >= 15 is 0 Å². The smallest absolute Gasteiger partial charge is 0.0278 e. The molecule has 1 atom stereocenters. The molecule has 0 aliphatic carbocycles. The van der Waals surface area contributed by atoms with Crippen LogP contribution in [0.2, 0.25) is 0 Å². The molecule has 0 bridgehead atoms. The largest absolute Gasteiger partial charge is 0.310 e. The summed E-state index contributed by atoms with van der Waals surface area (Å²) < 4.78 is 0. The lowest BCUT2D eigenvalue weighted by molar-refractivity contribution is 0.434. The van der Waals surface area contributed by atoms with Gasteiger partial charge in [0, 0.05) is 12.1 Å². The van der Waals surface area contributed by atoms with E-state index in [1.807, 2.05) is 0 Å². The second kappa shape index (κ2) is 7.34. The van der Waals surface area contributed by atoms with Crippen LogP contribution >= 0.6 is 0 Å². The first-order valence-electron chi connectivity index (χ1n) is 4.26. The van der Waals surface area contributed by atoms with Crippen molar-refractivity contribution in [3.05, 3.63) is 0 Å². The molecule has 0 saturated carbocycles. The lowest BCUT2D eigenvalue weighted by Gasteiger charge is -2.00. The van der Waals surface area contributed by atoms with Crippen molar-refractivity contribution in [2.45, 2.75) is 41.2 Å². The maximum atomic E-state index is 2.31. The van der Waals surface area contributed by atoms with E-state index in [9.17, 15) is 0 Å². The number of hydrogen-bond donors (Lipinski definition) is 0. The molecule has 2 heteroatoms. The second-order valence-corrected chi connectivity index (χ2v) is 4.06. The van der Waals surface area contributed by atoms with Gasteiger partial charge < -0.3 is 4.90 Å². The third-order valence-corrected chi connectivity index (χ3v) is 2.19. The Labute approximate surface area is 85.9 Å². The highest BCUT2D eigenvalue weighted by molar-refractivity contribution is 4.96. The van der Waals surface area contributed by atoms with Crippen molar-refractivity contribution in [2.24, 2.45) is 0 Å². The molecular weight excluding hydrogens is 160 g/mol. The molecule has 1 fully saturated rings. The van der Waals surface area contributed by atoms with Crippen LogP contribution in [0.25, 0.3) is 0 Å². The van der Waals surface area contributed by atoms with Gasteiger partial charge in [0.1, 0.15) is 0 Å². The monoisotopic (exact) mass is 190 g/mol. The molecular formula is C11H30N2. The molecule has 0 aromatic carbocycles. The average Bonchev–Trinajstić information content (AvgIpc) is 2.39. The third-order valence-electron chi connectivity index (χ3n) is 2.19. The van der Waals surface area contributed by atoms with E-state index in [1.54, 1.807) is 0 Å². The van der Waals surface area contributed by atoms with Crippen LogP contribution in [-0.4, -0.2) is 49.6 Å². The number of rotatable bonds is 1. The fourth-order valence-corrected chi connectivity index (χ4v) is 0.545. The average molecular weight is 190 g/mol. The molecule has 0 aromatic heterocycles. The summed E-state index contributed by atoms with van der Waals surface area (Å²) >= 11 is 0. The molecule has 0 spiro atoms. The maximum absolute atomic E-state index is 2.31. The molecule has 1 saturated heterocycles. The molecule has 1 aliphatic rings. The van der Waals surface area contributed by atoms with Crippen LogP contribution in [0.4, 0.5) is 0 Å². The lowest BCUT2D eigenvalue weighted by Crippen LogP contribution is -2.08. The van der Waals surface area contributed by atoms with Crippen LogP contribution in [0.15, 0.2) is 0 Å². The van der Waals surface area contributed by atoms with Crippen LogP contribution < -0.4 is 0 Å². The van der Waals surface area contributed by atoms with Gasteiger partial charge in [0.2, 0.25) is 0 Å². The Balaban J connectivity index is -0.000000136. The minimum Gasteiger partial charge on any atom is -0.310 e. The van der Waals surface area contributed by atoms with Gasteiger partial charge in [-0.1, -0.05) is 21.8 Å². The van der Waals surface area contributed by atoms with Crippen molar-refractivity contribution in [1.29, 1.82) is 0 Å². The molecule has 1 heterocycles. The van der Waals surface area contributed by atoms with Gasteiger partial charge in [-0.2, -0.15) is 0 Å². The van der Waals surface area contributed by atoms with E-state index in [2.05, 4.69) is 51.7 Å². The Hall–Kier alpha value is -0.0800. The Bertz CT molecular complexity index is 109. The zero-order valence-electron chi connectivity index (χ0n) is 8.81.